The fraction of sp³-hybridized carbons (Fsp3) is 0.333. The van der Waals surface area contributed by atoms with Crippen molar-refractivity contribution in [1.29, 1.82) is 0 Å². The van der Waals surface area contributed by atoms with Crippen molar-refractivity contribution >= 4 is 23.4 Å². The molecule has 0 saturated heterocycles. The molecule has 0 aromatic heterocycles. The summed E-state index contributed by atoms with van der Waals surface area (Å²) in [4.78, 5) is 2.20. The number of hydrogen-bond donors (Lipinski definition) is 3. The lowest BCUT2D eigenvalue weighted by Crippen LogP contribution is -2.47. The van der Waals surface area contributed by atoms with Gasteiger partial charge in [-0.25, -0.2) is 0 Å². The summed E-state index contributed by atoms with van der Waals surface area (Å²) in [5.74, 6) is 0.999. The second-order valence-corrected chi connectivity index (χ2v) is 9.12. The Kier molecular flexibility index (Phi) is 8.42. The summed E-state index contributed by atoms with van der Waals surface area (Å²) in [6, 6.07) is 16.1. The summed E-state index contributed by atoms with van der Waals surface area (Å²) in [6.45, 7) is 0.0594. The van der Waals surface area contributed by atoms with Crippen molar-refractivity contribution in [2.45, 2.75) is 42.7 Å². The molecule has 0 atom stereocenters. The van der Waals surface area contributed by atoms with Crippen LogP contribution in [0.1, 0.15) is 30.4 Å². The molecule has 0 spiro atoms. The summed E-state index contributed by atoms with van der Waals surface area (Å²) in [6.07, 6.45) is 7.24. The first-order valence-corrected chi connectivity index (χ1v) is 11.2. The molecule has 160 valence electrons. The molecule has 4 nitrogen and oxygen atoms in total. The van der Waals surface area contributed by atoms with Gasteiger partial charge in [0, 0.05) is 21.2 Å². The average molecular weight is 446 g/mol. The minimum atomic E-state index is -0.982. The molecule has 0 heterocycles. The Bertz CT molecular complexity index is 895. The van der Waals surface area contributed by atoms with Crippen molar-refractivity contribution in [1.82, 2.24) is 0 Å². The van der Waals surface area contributed by atoms with E-state index in [1.165, 1.54) is 0 Å². The van der Waals surface area contributed by atoms with Crippen molar-refractivity contribution < 1.29 is 14.9 Å². The van der Waals surface area contributed by atoms with Gasteiger partial charge in [0.05, 0.1) is 24.5 Å². The number of aryl methyl sites for hydroxylation is 1. The number of aliphatic hydroxyl groups is 2. The van der Waals surface area contributed by atoms with Gasteiger partial charge in [-0.15, -0.1) is 0 Å². The lowest BCUT2D eigenvalue weighted by Gasteiger charge is -2.24. The molecule has 2 aromatic carbocycles. The predicted octanol–water partition coefficient (Wildman–Crippen LogP) is 4.83. The van der Waals surface area contributed by atoms with Crippen LogP contribution in [0.2, 0.25) is 5.02 Å². The van der Waals surface area contributed by atoms with Gasteiger partial charge in [-0.1, -0.05) is 65.8 Å². The van der Waals surface area contributed by atoms with Crippen molar-refractivity contribution in [3.05, 3.63) is 87.5 Å². The molecule has 0 fully saturated rings. The lowest BCUT2D eigenvalue weighted by atomic mass is 9.94. The second kappa shape index (κ2) is 11.0. The quantitative estimate of drug-likeness (QED) is 0.488. The van der Waals surface area contributed by atoms with E-state index in [-0.39, 0.29) is 13.2 Å². The van der Waals surface area contributed by atoms with Crippen LogP contribution in [0, 0.1) is 0 Å². The number of aliphatic hydroxyl groups excluding tert-OH is 2. The van der Waals surface area contributed by atoms with E-state index in [0.29, 0.717) is 24.5 Å². The lowest BCUT2D eigenvalue weighted by molar-refractivity contribution is 0.115. The van der Waals surface area contributed by atoms with E-state index < -0.39 is 5.54 Å². The third-order valence-corrected chi connectivity index (χ3v) is 6.45. The first kappa shape index (κ1) is 22.9. The van der Waals surface area contributed by atoms with Crippen LogP contribution >= 0.6 is 23.4 Å². The van der Waals surface area contributed by atoms with Crippen molar-refractivity contribution in [2.75, 3.05) is 13.2 Å². The Hall–Kier alpha value is -1.76. The molecule has 0 radical (unpaired) electrons. The van der Waals surface area contributed by atoms with Crippen LogP contribution < -0.4 is 5.73 Å². The zero-order valence-electron chi connectivity index (χ0n) is 16.9. The molecule has 3 rings (SSSR count). The van der Waals surface area contributed by atoms with Crippen molar-refractivity contribution in [3.63, 3.8) is 0 Å². The van der Waals surface area contributed by atoms with E-state index in [1.807, 2.05) is 36.4 Å². The monoisotopic (exact) mass is 445 g/mol. The number of ether oxygens (including phenoxy) is 1. The minimum absolute atomic E-state index is 0.260. The number of allylic oxidation sites excluding steroid dienone is 3. The molecule has 4 N–H and O–H groups in total. The summed E-state index contributed by atoms with van der Waals surface area (Å²) in [5.41, 5.74) is 7.09. The average Bonchev–Trinajstić information content (AvgIpc) is 2.78. The van der Waals surface area contributed by atoms with Crippen LogP contribution in [-0.2, 0) is 17.8 Å². The van der Waals surface area contributed by atoms with Gasteiger partial charge in [0.2, 0.25) is 0 Å². The third kappa shape index (κ3) is 6.62. The zero-order chi connectivity index (χ0) is 21.4. The Balaban J connectivity index is 1.58. The summed E-state index contributed by atoms with van der Waals surface area (Å²) in [5, 5.41) is 19.3. The predicted molar refractivity (Wildman–Crippen MR) is 123 cm³/mol. The molecule has 2 aromatic rings. The SMILES string of the molecule is NC(CO)(CO)CCc1ccc(SC2=CCCC(OCc3ccccc3)=C2)cc1Cl. The smallest absolute Gasteiger partial charge is 0.113 e. The van der Waals surface area contributed by atoms with E-state index in [9.17, 15) is 10.2 Å². The number of halogens is 1. The van der Waals surface area contributed by atoms with Crippen LogP contribution in [0.4, 0.5) is 0 Å². The standard InChI is InChI=1S/C24H28ClNO3S/c25-23-14-22(10-9-19(23)11-12-24(26,16-27)17-28)30-21-8-4-7-20(13-21)29-15-18-5-2-1-3-6-18/h1-3,5-6,8-10,13-14,27-28H,4,7,11-12,15-17,26H2. The largest absolute Gasteiger partial charge is 0.493 e. The van der Waals surface area contributed by atoms with E-state index in [1.54, 1.807) is 11.8 Å². The molecular weight excluding hydrogens is 418 g/mol. The highest BCUT2D eigenvalue weighted by Gasteiger charge is 2.23. The Morgan fingerprint density at radius 3 is 2.57 bits per heavy atom. The van der Waals surface area contributed by atoms with E-state index >= 15 is 0 Å². The number of hydrogen-bond acceptors (Lipinski definition) is 5. The minimum Gasteiger partial charge on any atom is -0.493 e. The van der Waals surface area contributed by atoms with E-state index in [0.717, 1.165) is 39.5 Å². The van der Waals surface area contributed by atoms with Gasteiger partial charge in [0.25, 0.3) is 0 Å². The van der Waals surface area contributed by atoms with Crippen molar-refractivity contribution in [2.24, 2.45) is 5.73 Å². The fourth-order valence-corrected chi connectivity index (χ4v) is 4.42. The Morgan fingerprint density at radius 2 is 1.87 bits per heavy atom. The highest BCUT2D eigenvalue weighted by atomic mass is 35.5. The van der Waals surface area contributed by atoms with Gasteiger partial charge in [0.1, 0.15) is 6.61 Å². The van der Waals surface area contributed by atoms with Crippen LogP contribution in [-0.4, -0.2) is 29.0 Å². The van der Waals surface area contributed by atoms with Gasteiger partial charge in [-0.2, -0.15) is 0 Å². The number of nitrogens with two attached hydrogens (primary N) is 1. The molecule has 0 unspecified atom stereocenters. The molecule has 30 heavy (non-hydrogen) atoms. The highest BCUT2D eigenvalue weighted by molar-refractivity contribution is 8.03. The second-order valence-electron chi connectivity index (χ2n) is 7.56. The van der Waals surface area contributed by atoms with Gasteiger partial charge in [-0.05, 0) is 48.6 Å². The molecular formula is C24H28ClNO3S. The van der Waals surface area contributed by atoms with Gasteiger partial charge in [0.15, 0.2) is 0 Å². The topological polar surface area (TPSA) is 75.7 Å². The Labute approximate surface area is 187 Å². The fourth-order valence-electron chi connectivity index (χ4n) is 3.10. The van der Waals surface area contributed by atoms with E-state index in [4.69, 9.17) is 22.1 Å². The summed E-state index contributed by atoms with van der Waals surface area (Å²) >= 11 is 8.13. The van der Waals surface area contributed by atoms with Gasteiger partial charge in [-0.3, -0.25) is 0 Å². The molecule has 1 aliphatic rings. The van der Waals surface area contributed by atoms with Crippen molar-refractivity contribution in [3.8, 4) is 0 Å². The molecule has 6 heteroatoms. The number of thioether (sulfide) groups is 1. The number of rotatable bonds is 10. The van der Waals surface area contributed by atoms with E-state index in [2.05, 4.69) is 24.3 Å². The molecule has 0 amide bonds. The molecule has 0 bridgehead atoms. The van der Waals surface area contributed by atoms with Crippen LogP contribution in [0.25, 0.3) is 0 Å². The van der Waals surface area contributed by atoms with Crippen LogP contribution in [0.3, 0.4) is 0 Å². The maximum Gasteiger partial charge on any atom is 0.113 e. The molecule has 0 aliphatic heterocycles. The summed E-state index contributed by atoms with van der Waals surface area (Å²) in [7, 11) is 0. The third-order valence-electron chi connectivity index (χ3n) is 5.09. The summed E-state index contributed by atoms with van der Waals surface area (Å²) < 4.78 is 5.99. The van der Waals surface area contributed by atoms with Crippen LogP contribution in [0.15, 0.2) is 76.2 Å². The molecule has 0 saturated carbocycles. The maximum absolute atomic E-state index is 9.34. The Morgan fingerprint density at radius 1 is 1.10 bits per heavy atom. The highest BCUT2D eigenvalue weighted by Crippen LogP contribution is 2.35. The first-order valence-electron chi connectivity index (χ1n) is 10.1. The van der Waals surface area contributed by atoms with Crippen LogP contribution in [0.5, 0.6) is 0 Å². The first-order chi connectivity index (χ1) is 14.5. The van der Waals surface area contributed by atoms with Gasteiger partial charge < -0.3 is 20.7 Å². The normalized spacial score (nSPS) is 14.3. The number of benzene rings is 2. The zero-order valence-corrected chi connectivity index (χ0v) is 18.5. The molecule has 1 aliphatic carbocycles. The van der Waals surface area contributed by atoms with Gasteiger partial charge >= 0.3 is 0 Å². The maximum atomic E-state index is 9.34.